The molecule has 5 aromatic rings. The molecule has 10 heteroatoms. The molecule has 1 aliphatic carbocycles. The fourth-order valence-corrected chi connectivity index (χ4v) is 5.38. The summed E-state index contributed by atoms with van der Waals surface area (Å²) in [7, 11) is 2.99. The Hall–Kier alpha value is -5.55. The molecule has 0 bridgehead atoms. The molecule has 1 N–H and O–H groups in total. The topological polar surface area (TPSA) is 119 Å². The highest BCUT2D eigenvalue weighted by Crippen LogP contribution is 2.44. The van der Waals surface area contributed by atoms with Crippen molar-refractivity contribution in [1.82, 2.24) is 14.5 Å². The van der Waals surface area contributed by atoms with Crippen molar-refractivity contribution in [2.75, 3.05) is 27.4 Å². The Bertz CT molecular complexity index is 2100. The first-order chi connectivity index (χ1) is 23.3. The third kappa shape index (κ3) is 7.06. The van der Waals surface area contributed by atoms with Crippen LogP contribution in [0.4, 0.5) is 4.39 Å². The second-order valence-corrected chi connectivity index (χ2v) is 11.7. The zero-order valence-corrected chi connectivity index (χ0v) is 26.6. The molecule has 2 heterocycles. The number of imidazole rings is 1. The third-order valence-electron chi connectivity index (χ3n) is 8.42. The van der Waals surface area contributed by atoms with Crippen LogP contribution in [-0.4, -0.2) is 53.0 Å². The summed E-state index contributed by atoms with van der Waals surface area (Å²) in [4.78, 5) is 21.8. The number of benzene rings is 3. The zero-order chi connectivity index (χ0) is 33.7. The maximum absolute atomic E-state index is 14.4. The molecule has 48 heavy (non-hydrogen) atoms. The minimum atomic E-state index is -0.514. The van der Waals surface area contributed by atoms with E-state index in [1.165, 1.54) is 19.2 Å². The number of hydrogen-bond acceptors (Lipinski definition) is 8. The first-order valence-electron chi connectivity index (χ1n) is 15.5. The number of halogens is 1. The van der Waals surface area contributed by atoms with Crippen LogP contribution < -0.4 is 4.74 Å². The van der Waals surface area contributed by atoms with Gasteiger partial charge in [0.25, 0.3) is 0 Å². The molecule has 9 nitrogen and oxygen atoms in total. The van der Waals surface area contributed by atoms with Crippen molar-refractivity contribution in [3.05, 3.63) is 112 Å². The van der Waals surface area contributed by atoms with E-state index in [0.29, 0.717) is 42.3 Å². The molecular formula is C38H33FN4O5. The Balaban J connectivity index is 1.33. The van der Waals surface area contributed by atoms with Gasteiger partial charge in [-0.25, -0.2) is 19.2 Å². The minimum absolute atomic E-state index is 0.00510. The van der Waals surface area contributed by atoms with Crippen molar-refractivity contribution >= 4 is 17.0 Å². The number of hydrogen-bond donors (Lipinski definition) is 1. The fraction of sp³-hybridized carbons (Fsp3) is 0.263. The summed E-state index contributed by atoms with van der Waals surface area (Å²) in [5, 5.41) is 18.9. The number of nitriles is 1. The highest BCUT2D eigenvalue weighted by atomic mass is 19.1. The largest absolute Gasteiger partial charge is 0.473 e. The SMILES string of the molecule is COCCn1c(Cc2ccc(-c3cccc(OCc4ccc(C#N)cc4F)n3)cc2C#CC2(CO)CC2)nc2ccc(C(=O)OC)cc21. The summed E-state index contributed by atoms with van der Waals surface area (Å²) in [6, 6.07) is 22.8. The normalized spacial score (nSPS) is 13.0. The van der Waals surface area contributed by atoms with Gasteiger partial charge in [-0.1, -0.05) is 36.1 Å². The number of nitrogens with zero attached hydrogens (tertiary/aromatic N) is 4. The molecule has 1 aliphatic rings. The first kappa shape index (κ1) is 32.4. The quantitative estimate of drug-likeness (QED) is 0.141. The molecule has 1 fully saturated rings. The number of rotatable bonds is 11. The monoisotopic (exact) mass is 644 g/mol. The molecule has 0 unspecified atom stereocenters. The summed E-state index contributed by atoms with van der Waals surface area (Å²) in [6.45, 7) is 0.944. The predicted octanol–water partition coefficient (Wildman–Crippen LogP) is 5.84. The Morgan fingerprint density at radius 1 is 1.04 bits per heavy atom. The van der Waals surface area contributed by atoms with Gasteiger partial charge < -0.3 is 23.9 Å². The number of pyridine rings is 1. The maximum atomic E-state index is 14.4. The summed E-state index contributed by atoms with van der Waals surface area (Å²) < 4.78 is 32.6. The Morgan fingerprint density at radius 3 is 2.60 bits per heavy atom. The summed E-state index contributed by atoms with van der Waals surface area (Å²) in [5.41, 5.74) is 5.33. The van der Waals surface area contributed by atoms with E-state index < -0.39 is 11.8 Å². The van der Waals surface area contributed by atoms with Crippen molar-refractivity contribution in [3.8, 4) is 35.0 Å². The molecule has 3 aromatic carbocycles. The van der Waals surface area contributed by atoms with Crippen LogP contribution in [0.5, 0.6) is 5.88 Å². The van der Waals surface area contributed by atoms with Crippen molar-refractivity contribution in [1.29, 1.82) is 5.26 Å². The van der Waals surface area contributed by atoms with Crippen LogP contribution >= 0.6 is 0 Å². The number of fused-ring (bicyclic) bond motifs is 1. The van der Waals surface area contributed by atoms with Gasteiger partial charge >= 0.3 is 5.97 Å². The predicted molar refractivity (Wildman–Crippen MR) is 177 cm³/mol. The molecule has 2 aromatic heterocycles. The molecule has 0 spiro atoms. The Labute approximate surface area is 277 Å². The standard InChI is InChI=1S/C38H33FN4O5/c1-46-17-16-43-34-20-29(37(45)47-2)10-11-33(34)41-35(43)21-26-8-9-28(19-27(26)12-13-38(24-44)14-15-38)32-4-3-5-36(42-32)48-23-30-7-6-25(22-40)18-31(30)39/h3-11,18-20,44H,14-17,21,23-24H2,1-2H3. The molecule has 0 atom stereocenters. The van der Waals surface area contributed by atoms with E-state index in [9.17, 15) is 14.3 Å². The van der Waals surface area contributed by atoms with Crippen molar-refractivity contribution in [3.63, 3.8) is 0 Å². The number of ether oxygens (including phenoxy) is 3. The van der Waals surface area contributed by atoms with Gasteiger partial charge in [-0.2, -0.15) is 5.26 Å². The lowest BCUT2D eigenvalue weighted by molar-refractivity contribution is 0.0601. The van der Waals surface area contributed by atoms with Crippen LogP contribution in [0.15, 0.2) is 72.8 Å². The van der Waals surface area contributed by atoms with E-state index >= 15 is 0 Å². The van der Waals surface area contributed by atoms with E-state index in [1.807, 2.05) is 47.0 Å². The molecule has 0 radical (unpaired) electrons. The summed E-state index contributed by atoms with van der Waals surface area (Å²) in [5.74, 6) is 6.82. The van der Waals surface area contributed by atoms with Crippen LogP contribution in [0, 0.1) is 34.4 Å². The smallest absolute Gasteiger partial charge is 0.337 e. The number of carbonyl (C=O) groups is 1. The molecule has 1 saturated carbocycles. The van der Waals surface area contributed by atoms with Crippen molar-refractivity contribution in [2.24, 2.45) is 5.41 Å². The van der Waals surface area contributed by atoms with Gasteiger partial charge in [-0.05, 0) is 60.9 Å². The lowest BCUT2D eigenvalue weighted by atomic mass is 9.98. The highest BCUT2D eigenvalue weighted by molar-refractivity contribution is 5.93. The van der Waals surface area contributed by atoms with Crippen molar-refractivity contribution in [2.45, 2.75) is 32.4 Å². The number of esters is 1. The number of aromatic nitrogens is 3. The molecule has 0 aliphatic heterocycles. The van der Waals surface area contributed by atoms with Crippen LogP contribution in [0.2, 0.25) is 0 Å². The van der Waals surface area contributed by atoms with E-state index in [4.69, 9.17) is 24.5 Å². The molecule has 0 amide bonds. The highest BCUT2D eigenvalue weighted by Gasteiger charge is 2.40. The fourth-order valence-electron chi connectivity index (χ4n) is 5.38. The average molecular weight is 645 g/mol. The molecule has 242 valence electrons. The van der Waals surface area contributed by atoms with E-state index in [0.717, 1.165) is 46.4 Å². The third-order valence-corrected chi connectivity index (χ3v) is 8.42. The second kappa shape index (κ2) is 14.1. The van der Waals surface area contributed by atoms with Gasteiger partial charge in [-0.3, -0.25) is 0 Å². The first-order valence-corrected chi connectivity index (χ1v) is 15.5. The molecule has 0 saturated heterocycles. The van der Waals surface area contributed by atoms with Crippen LogP contribution in [0.25, 0.3) is 22.3 Å². The van der Waals surface area contributed by atoms with Gasteiger partial charge in [-0.15, -0.1) is 0 Å². The average Bonchev–Trinajstić information content (AvgIpc) is 3.83. The lowest BCUT2D eigenvalue weighted by Gasteiger charge is -2.12. The van der Waals surface area contributed by atoms with Crippen LogP contribution in [0.3, 0.4) is 0 Å². The molecular weight excluding hydrogens is 611 g/mol. The second-order valence-electron chi connectivity index (χ2n) is 11.7. The minimum Gasteiger partial charge on any atom is -0.473 e. The van der Waals surface area contributed by atoms with Crippen LogP contribution in [0.1, 0.15) is 51.3 Å². The van der Waals surface area contributed by atoms with E-state index in [1.54, 1.807) is 31.4 Å². The van der Waals surface area contributed by atoms with Gasteiger partial charge in [0.15, 0.2) is 0 Å². The van der Waals surface area contributed by atoms with Gasteiger partial charge in [0.05, 0.1) is 59.7 Å². The number of aliphatic hydroxyl groups is 1. The number of aliphatic hydroxyl groups excluding tert-OH is 1. The van der Waals surface area contributed by atoms with E-state index in [-0.39, 0.29) is 24.2 Å². The van der Waals surface area contributed by atoms with Gasteiger partial charge in [0, 0.05) is 42.8 Å². The number of methoxy groups -OCH3 is 2. The summed E-state index contributed by atoms with van der Waals surface area (Å²) >= 11 is 0. The van der Waals surface area contributed by atoms with Crippen LogP contribution in [-0.2, 0) is 29.0 Å². The van der Waals surface area contributed by atoms with Crippen molar-refractivity contribution < 1.29 is 28.5 Å². The Kier molecular flexibility index (Phi) is 9.49. The summed E-state index contributed by atoms with van der Waals surface area (Å²) in [6.07, 6.45) is 2.15. The van der Waals surface area contributed by atoms with Gasteiger partial charge in [0.1, 0.15) is 18.2 Å². The molecule has 6 rings (SSSR count). The lowest BCUT2D eigenvalue weighted by Crippen LogP contribution is -2.10. The number of carbonyl (C=O) groups excluding carboxylic acids is 1. The maximum Gasteiger partial charge on any atom is 0.337 e. The van der Waals surface area contributed by atoms with Gasteiger partial charge in [0.2, 0.25) is 5.88 Å². The Morgan fingerprint density at radius 2 is 1.88 bits per heavy atom. The zero-order valence-electron chi connectivity index (χ0n) is 26.6. The van der Waals surface area contributed by atoms with E-state index in [2.05, 4.69) is 16.8 Å².